The molecule has 3 heteroatoms. The molecule has 0 saturated heterocycles. The molecule has 0 fully saturated rings. The molecule has 1 heterocycles. The van der Waals surface area contributed by atoms with E-state index in [1.807, 2.05) is 18.6 Å². The monoisotopic (exact) mass is 220 g/mol. The first kappa shape index (κ1) is 10.1. The smallest absolute Gasteiger partial charge is 0.141 e. The minimum absolute atomic E-state index is 0.335. The Morgan fingerprint density at radius 1 is 1.07 bits per heavy atom. The number of hydrogen-bond acceptors (Lipinski definition) is 1. The third-order valence-electron chi connectivity index (χ3n) is 1.93. The van der Waals surface area contributed by atoms with Crippen molar-refractivity contribution in [2.24, 2.45) is 0 Å². The molecule has 75 valence electrons. The number of pyridine rings is 1. The van der Waals surface area contributed by atoms with E-state index >= 15 is 0 Å². The zero-order valence-corrected chi connectivity index (χ0v) is 8.58. The average Bonchev–Trinajstić information content (AvgIpc) is 2.22. The van der Waals surface area contributed by atoms with Crippen LogP contribution in [0.2, 0.25) is 5.02 Å². The standard InChI is InChI=1S/C12H8ClFN/c13-11-3-1-9(2-4-11)5-10-6-12(14)8-15-7-10/h1-8H. The van der Waals surface area contributed by atoms with Crippen LogP contribution >= 0.6 is 11.6 Å². The van der Waals surface area contributed by atoms with Crippen molar-refractivity contribution >= 4 is 11.6 Å². The highest BCUT2D eigenvalue weighted by Crippen LogP contribution is 2.15. The lowest BCUT2D eigenvalue weighted by Crippen LogP contribution is -1.87. The minimum atomic E-state index is -0.335. The molecule has 0 aliphatic heterocycles. The number of hydrogen-bond donors (Lipinski definition) is 0. The average molecular weight is 221 g/mol. The SMILES string of the molecule is Fc1cncc([CH]c2ccc(Cl)cc2)c1. The van der Waals surface area contributed by atoms with Crippen molar-refractivity contribution in [1.82, 2.24) is 4.98 Å². The molecule has 2 rings (SSSR count). The fraction of sp³-hybridized carbons (Fsp3) is 0. The van der Waals surface area contributed by atoms with Crippen molar-refractivity contribution in [2.75, 3.05) is 0 Å². The van der Waals surface area contributed by atoms with E-state index in [1.54, 1.807) is 18.3 Å². The minimum Gasteiger partial charge on any atom is -0.261 e. The second-order valence-electron chi connectivity index (χ2n) is 3.13. The van der Waals surface area contributed by atoms with Gasteiger partial charge in [0, 0.05) is 17.6 Å². The number of rotatable bonds is 2. The quantitative estimate of drug-likeness (QED) is 0.755. The van der Waals surface area contributed by atoms with E-state index in [2.05, 4.69) is 4.98 Å². The lowest BCUT2D eigenvalue weighted by atomic mass is 10.1. The summed E-state index contributed by atoms with van der Waals surface area (Å²) in [5, 5.41) is 0.685. The van der Waals surface area contributed by atoms with E-state index in [-0.39, 0.29) is 5.82 Å². The summed E-state index contributed by atoms with van der Waals surface area (Å²) in [5.74, 6) is -0.335. The summed E-state index contributed by atoms with van der Waals surface area (Å²) in [6.07, 6.45) is 4.63. The van der Waals surface area contributed by atoms with Crippen LogP contribution in [0.15, 0.2) is 42.7 Å². The van der Waals surface area contributed by atoms with Crippen LogP contribution in [0.1, 0.15) is 11.1 Å². The fourth-order valence-electron chi connectivity index (χ4n) is 1.26. The number of aromatic nitrogens is 1. The number of benzene rings is 1. The molecule has 0 aliphatic rings. The van der Waals surface area contributed by atoms with Crippen molar-refractivity contribution in [3.8, 4) is 0 Å². The molecule has 0 bridgehead atoms. The van der Waals surface area contributed by atoms with Crippen LogP contribution in [-0.2, 0) is 0 Å². The van der Waals surface area contributed by atoms with Gasteiger partial charge in [-0.05, 0) is 29.3 Å². The van der Waals surface area contributed by atoms with Gasteiger partial charge in [-0.1, -0.05) is 23.7 Å². The predicted molar refractivity (Wildman–Crippen MR) is 58.2 cm³/mol. The molecule has 1 nitrogen and oxygen atoms in total. The van der Waals surface area contributed by atoms with Gasteiger partial charge in [-0.3, -0.25) is 4.98 Å². The molecule has 0 aliphatic carbocycles. The van der Waals surface area contributed by atoms with E-state index < -0.39 is 0 Å². The Labute approximate surface area is 92.5 Å². The highest BCUT2D eigenvalue weighted by molar-refractivity contribution is 6.30. The zero-order chi connectivity index (χ0) is 10.7. The van der Waals surface area contributed by atoms with E-state index in [1.165, 1.54) is 12.3 Å². The second-order valence-corrected chi connectivity index (χ2v) is 3.57. The molecular formula is C12H8ClFN. The highest BCUT2D eigenvalue weighted by atomic mass is 35.5. The van der Waals surface area contributed by atoms with E-state index in [0.717, 1.165) is 11.1 Å². The molecule has 0 N–H and O–H groups in total. The summed E-state index contributed by atoms with van der Waals surface area (Å²) in [6, 6.07) is 8.75. The normalized spacial score (nSPS) is 10.3. The Hall–Kier alpha value is -1.41. The first-order valence-electron chi connectivity index (χ1n) is 4.45. The van der Waals surface area contributed by atoms with E-state index in [9.17, 15) is 4.39 Å². The van der Waals surface area contributed by atoms with Gasteiger partial charge in [-0.15, -0.1) is 0 Å². The third kappa shape index (κ3) is 2.77. The Bertz CT molecular complexity index is 453. The van der Waals surface area contributed by atoms with Gasteiger partial charge in [0.15, 0.2) is 0 Å². The molecule has 2 aromatic rings. The molecule has 1 aromatic carbocycles. The molecule has 15 heavy (non-hydrogen) atoms. The molecular weight excluding hydrogens is 213 g/mol. The van der Waals surface area contributed by atoms with Crippen LogP contribution in [0.25, 0.3) is 0 Å². The maximum Gasteiger partial charge on any atom is 0.141 e. The first-order valence-corrected chi connectivity index (χ1v) is 4.83. The van der Waals surface area contributed by atoms with E-state index in [4.69, 9.17) is 11.6 Å². The Balaban J connectivity index is 2.18. The Morgan fingerprint density at radius 2 is 1.80 bits per heavy atom. The van der Waals surface area contributed by atoms with Crippen LogP contribution in [-0.4, -0.2) is 4.98 Å². The summed E-state index contributed by atoms with van der Waals surface area (Å²) in [7, 11) is 0. The molecule has 0 spiro atoms. The van der Waals surface area contributed by atoms with Crippen LogP contribution in [0, 0.1) is 12.2 Å². The van der Waals surface area contributed by atoms with Gasteiger partial charge < -0.3 is 0 Å². The van der Waals surface area contributed by atoms with Crippen molar-refractivity contribution in [3.05, 3.63) is 71.1 Å². The van der Waals surface area contributed by atoms with Crippen LogP contribution < -0.4 is 0 Å². The summed E-state index contributed by atoms with van der Waals surface area (Å²) in [5.41, 5.74) is 1.70. The topological polar surface area (TPSA) is 12.9 Å². The van der Waals surface area contributed by atoms with Crippen LogP contribution in [0.3, 0.4) is 0 Å². The molecule has 0 saturated carbocycles. The van der Waals surface area contributed by atoms with Crippen molar-refractivity contribution in [3.63, 3.8) is 0 Å². The zero-order valence-electron chi connectivity index (χ0n) is 7.82. The predicted octanol–water partition coefficient (Wildman–Crippen LogP) is 3.47. The molecule has 0 atom stereocenters. The summed E-state index contributed by atoms with van der Waals surface area (Å²) in [6.45, 7) is 0. The Kier molecular flexibility index (Phi) is 2.97. The van der Waals surface area contributed by atoms with Crippen molar-refractivity contribution in [1.29, 1.82) is 0 Å². The third-order valence-corrected chi connectivity index (χ3v) is 2.18. The summed E-state index contributed by atoms with van der Waals surface area (Å²) in [4.78, 5) is 3.77. The van der Waals surface area contributed by atoms with Crippen molar-refractivity contribution < 1.29 is 4.39 Å². The van der Waals surface area contributed by atoms with E-state index in [0.29, 0.717) is 5.02 Å². The molecule has 1 aromatic heterocycles. The first-order chi connectivity index (χ1) is 7.24. The molecule has 1 radical (unpaired) electrons. The maximum atomic E-state index is 12.8. The molecule has 0 unspecified atom stereocenters. The highest BCUT2D eigenvalue weighted by Gasteiger charge is 1.99. The van der Waals surface area contributed by atoms with Gasteiger partial charge in [-0.25, -0.2) is 4.39 Å². The lowest BCUT2D eigenvalue weighted by molar-refractivity contribution is 0.620. The molecule has 0 amide bonds. The van der Waals surface area contributed by atoms with Crippen LogP contribution in [0.5, 0.6) is 0 Å². The van der Waals surface area contributed by atoms with Gasteiger partial charge in [0.25, 0.3) is 0 Å². The fourth-order valence-corrected chi connectivity index (χ4v) is 1.38. The van der Waals surface area contributed by atoms with Gasteiger partial charge in [0.1, 0.15) is 5.82 Å². The van der Waals surface area contributed by atoms with Crippen molar-refractivity contribution in [2.45, 2.75) is 0 Å². The summed E-state index contributed by atoms with van der Waals surface area (Å²) < 4.78 is 12.8. The van der Waals surface area contributed by atoms with Gasteiger partial charge in [0.05, 0.1) is 6.20 Å². The van der Waals surface area contributed by atoms with Crippen LogP contribution in [0.4, 0.5) is 4.39 Å². The Morgan fingerprint density at radius 3 is 2.47 bits per heavy atom. The van der Waals surface area contributed by atoms with Gasteiger partial charge in [0.2, 0.25) is 0 Å². The lowest BCUT2D eigenvalue weighted by Gasteiger charge is -2.00. The summed E-state index contributed by atoms with van der Waals surface area (Å²) >= 11 is 5.75. The maximum absolute atomic E-state index is 12.8. The second kappa shape index (κ2) is 4.41. The van der Waals surface area contributed by atoms with Gasteiger partial charge >= 0.3 is 0 Å². The van der Waals surface area contributed by atoms with Gasteiger partial charge in [-0.2, -0.15) is 0 Å². The number of nitrogens with zero attached hydrogens (tertiary/aromatic N) is 1. The number of halogens is 2. The largest absolute Gasteiger partial charge is 0.261 e.